The van der Waals surface area contributed by atoms with E-state index in [1.165, 1.54) is 12.1 Å². The Balaban J connectivity index is 2.64. The highest BCUT2D eigenvalue weighted by Gasteiger charge is 2.23. The van der Waals surface area contributed by atoms with Gasteiger partial charge in [-0.25, -0.2) is 9.82 Å². The van der Waals surface area contributed by atoms with Crippen LogP contribution in [0.1, 0.15) is 28.3 Å². The van der Waals surface area contributed by atoms with E-state index >= 15 is 0 Å². The Bertz CT molecular complexity index is 661. The van der Waals surface area contributed by atoms with Gasteiger partial charge in [-0.3, -0.25) is 5.84 Å². The van der Waals surface area contributed by atoms with Crippen LogP contribution in [0.15, 0.2) is 30.3 Å². The van der Waals surface area contributed by atoms with Gasteiger partial charge >= 0.3 is 0 Å². The maximum atomic E-state index is 14.1. The van der Waals surface area contributed by atoms with Gasteiger partial charge in [0.2, 0.25) is 0 Å². The second kappa shape index (κ2) is 6.43. The summed E-state index contributed by atoms with van der Waals surface area (Å²) >= 11 is 5.98. The molecule has 5 heteroatoms. The van der Waals surface area contributed by atoms with Crippen LogP contribution in [0, 0.1) is 19.7 Å². The first-order chi connectivity index (χ1) is 9.97. The summed E-state index contributed by atoms with van der Waals surface area (Å²) in [7, 11) is 1.58. The fraction of sp³-hybridized carbons (Fsp3) is 0.250. The first-order valence-corrected chi connectivity index (χ1v) is 6.92. The molecule has 1 atom stereocenters. The van der Waals surface area contributed by atoms with Crippen molar-refractivity contribution < 1.29 is 9.13 Å². The molecule has 0 spiro atoms. The predicted molar refractivity (Wildman–Crippen MR) is 83.0 cm³/mol. The van der Waals surface area contributed by atoms with E-state index in [0.29, 0.717) is 16.3 Å². The van der Waals surface area contributed by atoms with Gasteiger partial charge in [0.25, 0.3) is 0 Å². The summed E-state index contributed by atoms with van der Waals surface area (Å²) in [4.78, 5) is 0. The molecule has 112 valence electrons. The van der Waals surface area contributed by atoms with Gasteiger partial charge in [-0.05, 0) is 49.2 Å². The lowest BCUT2D eigenvalue weighted by Crippen LogP contribution is -2.30. The molecular weight excluding hydrogens is 291 g/mol. The van der Waals surface area contributed by atoms with E-state index in [9.17, 15) is 4.39 Å². The monoisotopic (exact) mass is 308 g/mol. The zero-order chi connectivity index (χ0) is 15.6. The van der Waals surface area contributed by atoms with Gasteiger partial charge in [0.15, 0.2) is 0 Å². The fourth-order valence-electron chi connectivity index (χ4n) is 2.54. The van der Waals surface area contributed by atoms with Gasteiger partial charge in [-0.2, -0.15) is 0 Å². The minimum atomic E-state index is -0.542. The Kier molecular flexibility index (Phi) is 4.83. The lowest BCUT2D eigenvalue weighted by molar-refractivity contribution is 0.402. The van der Waals surface area contributed by atoms with Gasteiger partial charge in [0.1, 0.15) is 11.6 Å². The molecule has 2 rings (SSSR count). The molecule has 21 heavy (non-hydrogen) atoms. The highest BCUT2D eigenvalue weighted by Crippen LogP contribution is 2.35. The molecule has 0 radical (unpaired) electrons. The molecule has 0 saturated carbocycles. The second-order valence-electron chi connectivity index (χ2n) is 4.96. The number of hydrogen-bond acceptors (Lipinski definition) is 3. The summed E-state index contributed by atoms with van der Waals surface area (Å²) in [6.07, 6.45) is 0. The normalized spacial score (nSPS) is 12.3. The highest BCUT2D eigenvalue weighted by molar-refractivity contribution is 6.30. The smallest absolute Gasteiger partial charge is 0.128 e. The number of nitrogens with one attached hydrogen (secondary N) is 1. The van der Waals surface area contributed by atoms with Crippen molar-refractivity contribution in [1.82, 2.24) is 5.43 Å². The van der Waals surface area contributed by atoms with Gasteiger partial charge in [0.05, 0.1) is 13.2 Å². The molecule has 0 bridgehead atoms. The van der Waals surface area contributed by atoms with E-state index in [4.69, 9.17) is 22.2 Å². The summed E-state index contributed by atoms with van der Waals surface area (Å²) < 4.78 is 19.6. The van der Waals surface area contributed by atoms with Crippen LogP contribution in [0.2, 0.25) is 5.02 Å². The van der Waals surface area contributed by atoms with Crippen molar-refractivity contribution in [3.05, 3.63) is 63.4 Å². The zero-order valence-electron chi connectivity index (χ0n) is 12.2. The van der Waals surface area contributed by atoms with Crippen LogP contribution in [-0.2, 0) is 0 Å². The Morgan fingerprint density at radius 3 is 2.57 bits per heavy atom. The topological polar surface area (TPSA) is 47.3 Å². The molecule has 2 aromatic rings. The van der Waals surface area contributed by atoms with Crippen molar-refractivity contribution >= 4 is 11.6 Å². The first-order valence-electron chi connectivity index (χ1n) is 6.54. The minimum absolute atomic E-state index is 0.371. The standard InChI is InChI=1S/C16H18ClFN2O/c1-9-6-10(2)15(14(7-9)21-3)16(20-19)12-8-11(17)4-5-13(12)18/h4-8,16,20H,19H2,1-3H3. The third kappa shape index (κ3) is 3.18. The molecular formula is C16H18ClFN2O. The summed E-state index contributed by atoms with van der Waals surface area (Å²) in [5.74, 6) is 5.96. The number of rotatable bonds is 4. The SMILES string of the molecule is COc1cc(C)cc(C)c1C(NN)c1cc(Cl)ccc1F. The Labute approximate surface area is 128 Å². The van der Waals surface area contributed by atoms with Gasteiger partial charge in [-0.1, -0.05) is 17.7 Å². The van der Waals surface area contributed by atoms with Crippen LogP contribution in [0.25, 0.3) is 0 Å². The summed E-state index contributed by atoms with van der Waals surface area (Å²) in [5.41, 5.74) is 5.87. The number of hydrogen-bond donors (Lipinski definition) is 2. The lowest BCUT2D eigenvalue weighted by Gasteiger charge is -2.23. The molecule has 0 saturated heterocycles. The van der Waals surface area contributed by atoms with Crippen molar-refractivity contribution in [2.45, 2.75) is 19.9 Å². The molecule has 3 nitrogen and oxygen atoms in total. The maximum absolute atomic E-state index is 14.1. The van der Waals surface area contributed by atoms with Gasteiger partial charge < -0.3 is 4.74 Å². The van der Waals surface area contributed by atoms with E-state index in [2.05, 4.69) is 5.43 Å². The van der Waals surface area contributed by atoms with Gasteiger partial charge in [0, 0.05) is 16.1 Å². The van der Waals surface area contributed by atoms with Crippen molar-refractivity contribution in [3.8, 4) is 5.75 Å². The Morgan fingerprint density at radius 2 is 1.95 bits per heavy atom. The van der Waals surface area contributed by atoms with Crippen LogP contribution >= 0.6 is 11.6 Å². The third-order valence-corrected chi connectivity index (χ3v) is 3.67. The third-order valence-electron chi connectivity index (χ3n) is 3.44. The Morgan fingerprint density at radius 1 is 1.24 bits per heavy atom. The maximum Gasteiger partial charge on any atom is 0.128 e. The van der Waals surface area contributed by atoms with Crippen molar-refractivity contribution in [3.63, 3.8) is 0 Å². The van der Waals surface area contributed by atoms with Crippen molar-refractivity contribution in [2.24, 2.45) is 5.84 Å². The van der Waals surface area contributed by atoms with Crippen LogP contribution in [-0.4, -0.2) is 7.11 Å². The van der Waals surface area contributed by atoms with E-state index in [1.807, 2.05) is 26.0 Å². The number of benzene rings is 2. The van der Waals surface area contributed by atoms with Crippen LogP contribution in [0.4, 0.5) is 4.39 Å². The quantitative estimate of drug-likeness (QED) is 0.669. The number of methoxy groups -OCH3 is 1. The van der Waals surface area contributed by atoms with E-state index in [0.717, 1.165) is 16.7 Å². The van der Waals surface area contributed by atoms with E-state index in [1.54, 1.807) is 13.2 Å². The molecule has 3 N–H and O–H groups in total. The molecule has 0 amide bonds. The molecule has 0 aliphatic carbocycles. The number of aryl methyl sites for hydroxylation is 2. The van der Waals surface area contributed by atoms with Crippen molar-refractivity contribution in [1.29, 1.82) is 0 Å². The van der Waals surface area contributed by atoms with Crippen LogP contribution in [0.5, 0.6) is 5.75 Å². The second-order valence-corrected chi connectivity index (χ2v) is 5.40. The largest absolute Gasteiger partial charge is 0.496 e. The molecule has 2 aromatic carbocycles. The van der Waals surface area contributed by atoms with Crippen molar-refractivity contribution in [2.75, 3.05) is 7.11 Å². The Hall–Kier alpha value is -1.62. The van der Waals surface area contributed by atoms with E-state index < -0.39 is 6.04 Å². The summed E-state index contributed by atoms with van der Waals surface area (Å²) in [5, 5.41) is 0.454. The lowest BCUT2D eigenvalue weighted by atomic mass is 9.93. The first kappa shape index (κ1) is 15.8. The number of halogens is 2. The number of ether oxygens (including phenoxy) is 1. The highest BCUT2D eigenvalue weighted by atomic mass is 35.5. The van der Waals surface area contributed by atoms with E-state index in [-0.39, 0.29) is 5.82 Å². The predicted octanol–water partition coefficient (Wildman–Crippen LogP) is 3.66. The molecule has 0 heterocycles. The minimum Gasteiger partial charge on any atom is -0.496 e. The average Bonchev–Trinajstić information content (AvgIpc) is 2.44. The summed E-state index contributed by atoms with van der Waals surface area (Å²) in [6.45, 7) is 3.92. The average molecular weight is 309 g/mol. The molecule has 0 aliphatic rings. The number of hydrazine groups is 1. The van der Waals surface area contributed by atoms with Gasteiger partial charge in [-0.15, -0.1) is 0 Å². The van der Waals surface area contributed by atoms with Crippen LogP contribution in [0.3, 0.4) is 0 Å². The fourth-order valence-corrected chi connectivity index (χ4v) is 2.72. The van der Waals surface area contributed by atoms with Crippen LogP contribution < -0.4 is 16.0 Å². The molecule has 0 aliphatic heterocycles. The molecule has 0 aromatic heterocycles. The molecule has 0 fully saturated rings. The molecule has 1 unspecified atom stereocenters. The summed E-state index contributed by atoms with van der Waals surface area (Å²) in [6, 6.07) is 7.77. The number of nitrogens with two attached hydrogens (primary N) is 1. The zero-order valence-corrected chi connectivity index (χ0v) is 13.0.